The maximum absolute atomic E-state index is 12.5. The highest BCUT2D eigenvalue weighted by Gasteiger charge is 2.15. The third kappa shape index (κ3) is 3.43. The summed E-state index contributed by atoms with van der Waals surface area (Å²) < 4.78 is 6.39. The average Bonchev–Trinajstić information content (AvgIpc) is 3.00. The lowest BCUT2D eigenvalue weighted by atomic mass is 10.2. The van der Waals surface area contributed by atoms with Crippen molar-refractivity contribution in [3.05, 3.63) is 67.2 Å². The number of nitrogens with zero attached hydrogens (tertiary/aromatic N) is 3. The SMILES string of the molecule is Cc1nc2cc(C#N)[nH]n2c(=O)c1CCOC(=O)c1ccc(Cl)cc1Cl. The van der Waals surface area contributed by atoms with Crippen LogP contribution in [0.15, 0.2) is 29.1 Å². The van der Waals surface area contributed by atoms with Gasteiger partial charge in [-0.05, 0) is 25.1 Å². The molecule has 0 radical (unpaired) electrons. The number of aromatic nitrogens is 3. The molecule has 0 amide bonds. The molecule has 0 saturated heterocycles. The second kappa shape index (κ2) is 7.20. The Labute approximate surface area is 157 Å². The van der Waals surface area contributed by atoms with Gasteiger partial charge >= 0.3 is 5.97 Å². The maximum Gasteiger partial charge on any atom is 0.339 e. The van der Waals surface area contributed by atoms with Gasteiger partial charge < -0.3 is 4.74 Å². The van der Waals surface area contributed by atoms with Crippen molar-refractivity contribution >= 4 is 34.8 Å². The van der Waals surface area contributed by atoms with Crippen LogP contribution in [0.1, 0.15) is 27.3 Å². The Bertz CT molecular complexity index is 1110. The molecule has 1 aromatic carbocycles. The number of esters is 1. The summed E-state index contributed by atoms with van der Waals surface area (Å²) in [7, 11) is 0. The molecule has 26 heavy (non-hydrogen) atoms. The normalized spacial score (nSPS) is 10.7. The molecule has 7 nitrogen and oxygen atoms in total. The molecule has 0 aliphatic rings. The van der Waals surface area contributed by atoms with Crippen molar-refractivity contribution < 1.29 is 9.53 Å². The van der Waals surface area contributed by atoms with Gasteiger partial charge in [-0.15, -0.1) is 0 Å². The Hall–Kier alpha value is -2.82. The summed E-state index contributed by atoms with van der Waals surface area (Å²) in [5, 5.41) is 12.2. The van der Waals surface area contributed by atoms with E-state index in [-0.39, 0.29) is 34.9 Å². The minimum absolute atomic E-state index is 0.0204. The number of fused-ring (bicyclic) bond motifs is 1. The number of carbonyl (C=O) groups is 1. The summed E-state index contributed by atoms with van der Waals surface area (Å²) in [6.07, 6.45) is 0.179. The molecule has 3 aromatic rings. The molecule has 3 rings (SSSR count). The lowest BCUT2D eigenvalue weighted by molar-refractivity contribution is 0.0509. The standard InChI is InChI=1S/C17H12Cl2N4O3/c1-9-12(16(24)23-15(21-9)7-11(8-20)22-23)4-5-26-17(25)13-3-2-10(18)6-14(13)19/h2-3,6-7,22H,4-5H2,1H3. The molecule has 1 N–H and O–H groups in total. The van der Waals surface area contributed by atoms with Crippen LogP contribution in [0.2, 0.25) is 10.0 Å². The number of hydrogen-bond acceptors (Lipinski definition) is 5. The fraction of sp³-hybridized carbons (Fsp3) is 0.176. The molecule has 0 spiro atoms. The van der Waals surface area contributed by atoms with Gasteiger partial charge in [-0.2, -0.15) is 5.26 Å². The molecule has 2 aromatic heterocycles. The van der Waals surface area contributed by atoms with E-state index in [0.717, 1.165) is 0 Å². The van der Waals surface area contributed by atoms with Crippen molar-refractivity contribution in [1.29, 1.82) is 5.26 Å². The first-order valence-corrected chi connectivity index (χ1v) is 8.30. The number of rotatable bonds is 4. The second-order valence-corrected chi connectivity index (χ2v) is 6.31. The van der Waals surface area contributed by atoms with Crippen LogP contribution in [0, 0.1) is 18.3 Å². The smallest absolute Gasteiger partial charge is 0.339 e. The number of carbonyl (C=O) groups excluding carboxylic acids is 1. The molecule has 0 aliphatic heterocycles. The topological polar surface area (TPSA) is 100 Å². The van der Waals surface area contributed by atoms with Crippen LogP contribution in [0.3, 0.4) is 0 Å². The lowest BCUT2D eigenvalue weighted by Gasteiger charge is -2.08. The van der Waals surface area contributed by atoms with E-state index in [1.165, 1.54) is 28.8 Å². The van der Waals surface area contributed by atoms with Crippen LogP contribution >= 0.6 is 23.2 Å². The Kier molecular flexibility index (Phi) is 4.98. The minimum atomic E-state index is -0.606. The molecule has 0 atom stereocenters. The van der Waals surface area contributed by atoms with Crippen LogP contribution in [0.25, 0.3) is 5.65 Å². The van der Waals surface area contributed by atoms with Crippen LogP contribution in [-0.4, -0.2) is 27.2 Å². The fourth-order valence-electron chi connectivity index (χ4n) is 2.49. The van der Waals surface area contributed by atoms with E-state index >= 15 is 0 Å². The van der Waals surface area contributed by atoms with E-state index in [2.05, 4.69) is 10.1 Å². The van der Waals surface area contributed by atoms with Gasteiger partial charge in [0.1, 0.15) is 11.8 Å². The predicted molar refractivity (Wildman–Crippen MR) is 95.7 cm³/mol. The maximum atomic E-state index is 12.5. The number of aryl methyl sites for hydroxylation is 1. The number of hydrogen-bond donors (Lipinski definition) is 1. The number of nitrogens with one attached hydrogen (secondary N) is 1. The average molecular weight is 391 g/mol. The molecule has 0 fully saturated rings. The number of aromatic amines is 1. The monoisotopic (exact) mass is 390 g/mol. The van der Waals surface area contributed by atoms with Gasteiger partial charge in [0.25, 0.3) is 5.56 Å². The summed E-state index contributed by atoms with van der Waals surface area (Å²) in [4.78, 5) is 28.9. The van der Waals surface area contributed by atoms with Crippen LogP contribution in [-0.2, 0) is 11.2 Å². The number of halogens is 2. The zero-order valence-electron chi connectivity index (χ0n) is 13.5. The molecule has 2 heterocycles. The summed E-state index contributed by atoms with van der Waals surface area (Å²) in [5.41, 5.74) is 1.35. The Morgan fingerprint density at radius 2 is 2.15 bits per heavy atom. The van der Waals surface area contributed by atoms with Crippen molar-refractivity contribution in [3.63, 3.8) is 0 Å². The fourth-order valence-corrected chi connectivity index (χ4v) is 2.98. The van der Waals surface area contributed by atoms with Gasteiger partial charge in [-0.1, -0.05) is 23.2 Å². The van der Waals surface area contributed by atoms with E-state index in [1.54, 1.807) is 6.92 Å². The first-order chi connectivity index (χ1) is 12.4. The van der Waals surface area contributed by atoms with E-state index in [0.29, 0.717) is 21.9 Å². The van der Waals surface area contributed by atoms with Gasteiger partial charge in [-0.25, -0.2) is 14.3 Å². The van der Waals surface area contributed by atoms with Crippen molar-refractivity contribution in [2.45, 2.75) is 13.3 Å². The zero-order chi connectivity index (χ0) is 18.8. The van der Waals surface area contributed by atoms with Gasteiger partial charge in [0.15, 0.2) is 5.65 Å². The van der Waals surface area contributed by atoms with Gasteiger partial charge in [0.2, 0.25) is 0 Å². The highest BCUT2D eigenvalue weighted by atomic mass is 35.5. The highest BCUT2D eigenvalue weighted by Crippen LogP contribution is 2.21. The quantitative estimate of drug-likeness (QED) is 0.690. The first-order valence-electron chi connectivity index (χ1n) is 7.54. The first kappa shape index (κ1) is 18.0. The molecule has 9 heteroatoms. The van der Waals surface area contributed by atoms with Crippen molar-refractivity contribution in [3.8, 4) is 6.07 Å². The molecular weight excluding hydrogens is 379 g/mol. The third-order valence-electron chi connectivity index (χ3n) is 3.77. The van der Waals surface area contributed by atoms with Crippen LogP contribution in [0.5, 0.6) is 0 Å². The number of benzene rings is 1. The summed E-state index contributed by atoms with van der Waals surface area (Å²) in [6, 6.07) is 7.87. The largest absolute Gasteiger partial charge is 0.462 e. The van der Waals surface area contributed by atoms with Crippen molar-refractivity contribution in [2.24, 2.45) is 0 Å². The lowest BCUT2D eigenvalue weighted by Crippen LogP contribution is -2.23. The number of nitriles is 1. The highest BCUT2D eigenvalue weighted by molar-refractivity contribution is 6.36. The Balaban J connectivity index is 1.76. The van der Waals surface area contributed by atoms with Crippen LogP contribution in [0.4, 0.5) is 0 Å². The Morgan fingerprint density at radius 3 is 2.85 bits per heavy atom. The van der Waals surface area contributed by atoms with Gasteiger partial charge in [0.05, 0.1) is 17.2 Å². The van der Waals surface area contributed by atoms with Crippen molar-refractivity contribution in [1.82, 2.24) is 14.6 Å². The Morgan fingerprint density at radius 1 is 1.38 bits per heavy atom. The number of ether oxygens (including phenoxy) is 1. The van der Waals surface area contributed by atoms with Gasteiger partial charge in [0, 0.05) is 28.8 Å². The third-order valence-corrected chi connectivity index (χ3v) is 4.32. The van der Waals surface area contributed by atoms with E-state index in [1.807, 2.05) is 6.07 Å². The zero-order valence-corrected chi connectivity index (χ0v) is 15.1. The van der Waals surface area contributed by atoms with Crippen molar-refractivity contribution in [2.75, 3.05) is 6.61 Å². The van der Waals surface area contributed by atoms with E-state index in [4.69, 9.17) is 33.2 Å². The molecule has 0 aliphatic carbocycles. The molecule has 0 unspecified atom stereocenters. The number of H-pyrrole nitrogens is 1. The summed E-state index contributed by atoms with van der Waals surface area (Å²) >= 11 is 11.8. The predicted octanol–water partition coefficient (Wildman–Crippen LogP) is 2.91. The van der Waals surface area contributed by atoms with Gasteiger partial charge in [-0.3, -0.25) is 9.89 Å². The molecule has 0 saturated carbocycles. The minimum Gasteiger partial charge on any atom is -0.462 e. The molecular formula is C17H12Cl2N4O3. The molecule has 132 valence electrons. The van der Waals surface area contributed by atoms with Crippen LogP contribution < -0.4 is 5.56 Å². The summed E-state index contributed by atoms with van der Waals surface area (Å²) in [6.45, 7) is 1.67. The van der Waals surface area contributed by atoms with E-state index < -0.39 is 5.97 Å². The summed E-state index contributed by atoms with van der Waals surface area (Å²) in [5.74, 6) is -0.606. The molecule has 0 bridgehead atoms. The second-order valence-electron chi connectivity index (χ2n) is 5.47. The van der Waals surface area contributed by atoms with E-state index in [9.17, 15) is 9.59 Å².